The SMILES string of the molecule is CCCCNc1ncc2c(-c3ccc(S(=O)(=O)N4CCC4)cc3)nn([C@H]3CC[C@H](O)CC3)c2n1. The van der Waals surface area contributed by atoms with Crippen molar-refractivity contribution in [2.45, 2.75) is 68.9 Å². The Morgan fingerprint density at radius 2 is 1.85 bits per heavy atom. The highest BCUT2D eigenvalue weighted by molar-refractivity contribution is 7.89. The maximum Gasteiger partial charge on any atom is 0.243 e. The fourth-order valence-corrected chi connectivity index (χ4v) is 6.13. The van der Waals surface area contributed by atoms with Crippen LogP contribution in [0, 0.1) is 0 Å². The first-order chi connectivity index (χ1) is 16.5. The van der Waals surface area contributed by atoms with Crippen LogP contribution in [0.5, 0.6) is 0 Å². The van der Waals surface area contributed by atoms with E-state index in [0.29, 0.717) is 23.9 Å². The molecule has 3 aromatic rings. The van der Waals surface area contributed by atoms with Crippen molar-refractivity contribution in [1.82, 2.24) is 24.1 Å². The average Bonchev–Trinajstić information content (AvgIpc) is 3.17. The number of hydrogen-bond acceptors (Lipinski definition) is 7. The zero-order valence-electron chi connectivity index (χ0n) is 19.5. The number of benzene rings is 1. The summed E-state index contributed by atoms with van der Waals surface area (Å²) in [6.45, 7) is 4.12. The van der Waals surface area contributed by atoms with Crippen LogP contribution >= 0.6 is 0 Å². The van der Waals surface area contributed by atoms with Gasteiger partial charge >= 0.3 is 0 Å². The lowest BCUT2D eigenvalue weighted by Gasteiger charge is -2.29. The van der Waals surface area contributed by atoms with Crippen molar-refractivity contribution in [2.75, 3.05) is 25.0 Å². The molecular weight excluding hydrogens is 452 g/mol. The summed E-state index contributed by atoms with van der Waals surface area (Å²) < 4.78 is 28.9. The lowest BCUT2D eigenvalue weighted by atomic mass is 9.93. The molecule has 5 rings (SSSR count). The van der Waals surface area contributed by atoms with E-state index in [1.54, 1.807) is 18.3 Å². The molecule has 1 saturated carbocycles. The normalized spacial score (nSPS) is 21.5. The number of anilines is 1. The smallest absolute Gasteiger partial charge is 0.243 e. The quantitative estimate of drug-likeness (QED) is 0.470. The van der Waals surface area contributed by atoms with Crippen molar-refractivity contribution in [3.8, 4) is 11.3 Å². The summed E-state index contributed by atoms with van der Waals surface area (Å²) in [7, 11) is -3.43. The first kappa shape index (κ1) is 23.2. The molecule has 1 aliphatic carbocycles. The Morgan fingerprint density at radius 1 is 1.12 bits per heavy atom. The van der Waals surface area contributed by atoms with Crippen LogP contribution in [0.3, 0.4) is 0 Å². The maximum atomic E-state index is 12.7. The first-order valence-corrected chi connectivity index (χ1v) is 13.7. The fraction of sp³-hybridized carbons (Fsp3) is 0.542. The maximum absolute atomic E-state index is 12.7. The molecule has 0 bridgehead atoms. The van der Waals surface area contributed by atoms with Crippen molar-refractivity contribution < 1.29 is 13.5 Å². The zero-order valence-corrected chi connectivity index (χ0v) is 20.3. The molecule has 0 radical (unpaired) electrons. The number of aliphatic hydroxyl groups is 1. The highest BCUT2D eigenvalue weighted by Crippen LogP contribution is 2.35. The second-order valence-electron chi connectivity index (χ2n) is 9.25. The van der Waals surface area contributed by atoms with Gasteiger partial charge in [0.15, 0.2) is 5.65 Å². The Kier molecular flexibility index (Phi) is 6.54. The van der Waals surface area contributed by atoms with Crippen LogP contribution in [-0.4, -0.2) is 63.3 Å². The summed E-state index contributed by atoms with van der Waals surface area (Å²) in [4.78, 5) is 9.62. The molecule has 1 aliphatic heterocycles. The number of aromatic nitrogens is 4. The minimum atomic E-state index is -3.43. The molecule has 3 heterocycles. The van der Waals surface area contributed by atoms with Gasteiger partial charge in [0.2, 0.25) is 16.0 Å². The summed E-state index contributed by atoms with van der Waals surface area (Å²) in [6.07, 6.45) is 7.77. The van der Waals surface area contributed by atoms with Gasteiger partial charge in [-0.05, 0) is 50.7 Å². The predicted octanol–water partition coefficient (Wildman–Crippen LogP) is 3.58. The van der Waals surface area contributed by atoms with Gasteiger partial charge in [0.05, 0.1) is 22.4 Å². The number of rotatable bonds is 8. The molecule has 1 saturated heterocycles. The standard InChI is InChI=1S/C24H32N6O3S/c1-2-3-13-25-24-26-16-21-22(28-30(23(21)27-24)18-7-9-19(31)10-8-18)17-5-11-20(12-6-17)34(32,33)29-14-4-15-29/h5-6,11-12,16,18-19,31H,2-4,7-10,13-15H2,1H3,(H,25,26,27)/t18-,19-. The third-order valence-corrected chi connectivity index (χ3v) is 8.77. The van der Waals surface area contributed by atoms with Crippen LogP contribution < -0.4 is 5.32 Å². The lowest BCUT2D eigenvalue weighted by Crippen LogP contribution is -2.41. The lowest BCUT2D eigenvalue weighted by molar-refractivity contribution is 0.109. The Labute approximate surface area is 200 Å². The van der Waals surface area contributed by atoms with Gasteiger partial charge in [-0.1, -0.05) is 25.5 Å². The van der Waals surface area contributed by atoms with Crippen LogP contribution in [0.1, 0.15) is 57.9 Å². The minimum Gasteiger partial charge on any atom is -0.393 e. The van der Waals surface area contributed by atoms with Crippen molar-refractivity contribution in [2.24, 2.45) is 0 Å². The van der Waals surface area contributed by atoms with Crippen LogP contribution in [0.25, 0.3) is 22.3 Å². The Bertz CT molecular complexity index is 1250. The van der Waals surface area contributed by atoms with Gasteiger partial charge in [-0.3, -0.25) is 0 Å². The largest absolute Gasteiger partial charge is 0.393 e. The topological polar surface area (TPSA) is 113 Å². The van der Waals surface area contributed by atoms with Crippen LogP contribution in [0.4, 0.5) is 5.95 Å². The monoisotopic (exact) mass is 484 g/mol. The molecule has 10 heteroatoms. The Hall–Kier alpha value is -2.56. The molecule has 182 valence electrons. The number of fused-ring (bicyclic) bond motifs is 1. The van der Waals surface area contributed by atoms with E-state index >= 15 is 0 Å². The fourth-order valence-electron chi connectivity index (χ4n) is 4.62. The summed E-state index contributed by atoms with van der Waals surface area (Å²) in [5.41, 5.74) is 2.34. The van der Waals surface area contributed by atoms with Gasteiger partial charge in [-0.2, -0.15) is 14.4 Å². The van der Waals surface area contributed by atoms with Gasteiger partial charge in [0, 0.05) is 31.4 Å². The number of aliphatic hydroxyl groups excluding tert-OH is 1. The van der Waals surface area contributed by atoms with E-state index in [1.807, 2.05) is 16.8 Å². The van der Waals surface area contributed by atoms with Crippen molar-refractivity contribution in [1.29, 1.82) is 0 Å². The highest BCUT2D eigenvalue weighted by atomic mass is 32.2. The van der Waals surface area contributed by atoms with Crippen molar-refractivity contribution in [3.05, 3.63) is 30.5 Å². The van der Waals surface area contributed by atoms with E-state index in [-0.39, 0.29) is 12.1 Å². The highest BCUT2D eigenvalue weighted by Gasteiger charge is 2.30. The van der Waals surface area contributed by atoms with Crippen molar-refractivity contribution in [3.63, 3.8) is 0 Å². The number of unbranched alkanes of at least 4 members (excludes halogenated alkanes) is 1. The first-order valence-electron chi connectivity index (χ1n) is 12.2. The molecule has 2 aliphatic rings. The average molecular weight is 485 g/mol. The molecule has 0 atom stereocenters. The third kappa shape index (κ3) is 4.42. The number of hydrogen-bond donors (Lipinski definition) is 2. The summed E-state index contributed by atoms with van der Waals surface area (Å²) in [5.74, 6) is 0.584. The van der Waals surface area contributed by atoms with Gasteiger partial charge in [-0.15, -0.1) is 0 Å². The molecule has 34 heavy (non-hydrogen) atoms. The van der Waals surface area contributed by atoms with E-state index in [2.05, 4.69) is 17.2 Å². The van der Waals surface area contributed by atoms with Gasteiger partial charge in [0.25, 0.3) is 0 Å². The molecular formula is C24H32N6O3S. The summed E-state index contributed by atoms with van der Waals surface area (Å²) in [5, 5.41) is 19.0. The molecule has 1 aromatic carbocycles. The van der Waals surface area contributed by atoms with Crippen LogP contribution in [0.15, 0.2) is 35.4 Å². The Balaban J connectivity index is 1.51. The van der Waals surface area contributed by atoms with E-state index in [9.17, 15) is 13.5 Å². The van der Waals surface area contributed by atoms with Gasteiger partial charge < -0.3 is 10.4 Å². The summed E-state index contributed by atoms with van der Waals surface area (Å²) >= 11 is 0. The summed E-state index contributed by atoms with van der Waals surface area (Å²) in [6, 6.07) is 7.11. The second-order valence-corrected chi connectivity index (χ2v) is 11.2. The third-order valence-electron chi connectivity index (χ3n) is 6.85. The minimum absolute atomic E-state index is 0.157. The van der Waals surface area contributed by atoms with Gasteiger partial charge in [-0.25, -0.2) is 18.1 Å². The van der Waals surface area contributed by atoms with Crippen molar-refractivity contribution >= 4 is 27.0 Å². The predicted molar refractivity (Wildman–Crippen MR) is 131 cm³/mol. The van der Waals surface area contributed by atoms with E-state index < -0.39 is 10.0 Å². The molecule has 2 N–H and O–H groups in total. The number of sulfonamides is 1. The van der Waals surface area contributed by atoms with Crippen LogP contribution in [0.2, 0.25) is 0 Å². The Morgan fingerprint density at radius 3 is 2.50 bits per heavy atom. The van der Waals surface area contributed by atoms with E-state index in [1.165, 1.54) is 4.31 Å². The molecule has 0 amide bonds. The van der Waals surface area contributed by atoms with E-state index in [0.717, 1.165) is 73.8 Å². The number of nitrogens with zero attached hydrogens (tertiary/aromatic N) is 5. The molecule has 2 aromatic heterocycles. The number of nitrogens with one attached hydrogen (secondary N) is 1. The van der Waals surface area contributed by atoms with Gasteiger partial charge in [0.1, 0.15) is 5.69 Å². The zero-order chi connectivity index (χ0) is 23.7. The molecule has 9 nitrogen and oxygen atoms in total. The second kappa shape index (κ2) is 9.59. The molecule has 2 fully saturated rings. The van der Waals surface area contributed by atoms with Crippen LogP contribution in [-0.2, 0) is 10.0 Å². The molecule has 0 unspecified atom stereocenters. The van der Waals surface area contributed by atoms with E-state index in [4.69, 9.17) is 10.1 Å². The molecule has 0 spiro atoms.